The van der Waals surface area contributed by atoms with Crippen molar-refractivity contribution in [1.29, 1.82) is 0 Å². The summed E-state index contributed by atoms with van der Waals surface area (Å²) in [6, 6.07) is 0. The Morgan fingerprint density at radius 3 is 3.00 bits per heavy atom. The summed E-state index contributed by atoms with van der Waals surface area (Å²) >= 11 is 0. The van der Waals surface area contributed by atoms with Crippen LogP contribution in [0.15, 0.2) is 11.0 Å². The first-order valence-corrected chi connectivity index (χ1v) is 4.91. The maximum atomic E-state index is 11.6. The number of aromatic nitrogens is 2. The number of rotatable bonds is 1. The summed E-state index contributed by atoms with van der Waals surface area (Å²) in [5.74, 6) is 1.04. The molecule has 1 aromatic rings. The van der Waals surface area contributed by atoms with Crippen LogP contribution in [0.2, 0.25) is 0 Å². The van der Waals surface area contributed by atoms with Crippen LogP contribution in [0, 0.1) is 6.92 Å². The molecule has 0 aromatic carbocycles. The number of nitrogens with zero attached hydrogens (tertiary/aromatic N) is 2. The number of aromatic amines is 1. The van der Waals surface area contributed by atoms with E-state index in [1.54, 1.807) is 13.1 Å². The molecule has 14 heavy (non-hydrogen) atoms. The van der Waals surface area contributed by atoms with Gasteiger partial charge in [0.15, 0.2) is 0 Å². The van der Waals surface area contributed by atoms with Gasteiger partial charge in [0.2, 0.25) is 0 Å². The van der Waals surface area contributed by atoms with Crippen molar-refractivity contribution in [2.24, 2.45) is 0 Å². The van der Waals surface area contributed by atoms with Crippen LogP contribution in [-0.2, 0) is 0 Å². The van der Waals surface area contributed by atoms with Gasteiger partial charge in [0, 0.05) is 24.2 Å². The third kappa shape index (κ3) is 1.70. The molecule has 0 radical (unpaired) electrons. The Labute approximate surface area is 83.0 Å². The predicted molar refractivity (Wildman–Crippen MR) is 54.4 cm³/mol. The Morgan fingerprint density at radius 1 is 1.64 bits per heavy atom. The van der Waals surface area contributed by atoms with Crippen molar-refractivity contribution in [3.8, 4) is 0 Å². The van der Waals surface area contributed by atoms with Crippen molar-refractivity contribution in [2.45, 2.75) is 19.3 Å². The number of hydrogen-bond acceptors (Lipinski definition) is 3. The summed E-state index contributed by atoms with van der Waals surface area (Å²) < 4.78 is 0. The summed E-state index contributed by atoms with van der Waals surface area (Å²) in [6.45, 7) is 3.83. The monoisotopic (exact) mass is 193 g/mol. The average Bonchev–Trinajstić information content (AvgIpc) is 2.51. The van der Waals surface area contributed by atoms with Gasteiger partial charge in [0.05, 0.1) is 0 Å². The number of H-pyrrole nitrogens is 1. The molecule has 76 valence electrons. The van der Waals surface area contributed by atoms with E-state index in [0.717, 1.165) is 25.1 Å². The summed E-state index contributed by atoms with van der Waals surface area (Å²) in [6.07, 6.45) is 2.78. The van der Waals surface area contributed by atoms with Crippen LogP contribution < -0.4 is 5.56 Å². The standard InChI is InChI=1S/C10H15N3O/c1-7-11-5-9(10(14)12-7)8-3-4-13(2)6-8/h5,8H,3-4,6H2,1-2H3,(H,11,12,14). The van der Waals surface area contributed by atoms with E-state index in [0.29, 0.717) is 11.7 Å². The third-order valence-corrected chi connectivity index (χ3v) is 2.79. The molecule has 0 bridgehead atoms. The summed E-state index contributed by atoms with van der Waals surface area (Å²) in [7, 11) is 2.08. The van der Waals surface area contributed by atoms with E-state index in [1.807, 2.05) is 0 Å². The highest BCUT2D eigenvalue weighted by Crippen LogP contribution is 2.22. The van der Waals surface area contributed by atoms with E-state index < -0.39 is 0 Å². The molecule has 2 heterocycles. The molecule has 0 aliphatic carbocycles. The molecular formula is C10H15N3O. The second-order valence-corrected chi connectivity index (χ2v) is 4.00. The molecule has 4 nitrogen and oxygen atoms in total. The molecule has 0 saturated carbocycles. The summed E-state index contributed by atoms with van der Waals surface area (Å²) in [5.41, 5.74) is 0.859. The lowest BCUT2D eigenvalue weighted by Crippen LogP contribution is -2.20. The molecular weight excluding hydrogens is 178 g/mol. The second kappa shape index (κ2) is 3.53. The minimum atomic E-state index is 0.0257. The highest BCUT2D eigenvalue weighted by Gasteiger charge is 2.23. The smallest absolute Gasteiger partial charge is 0.254 e. The van der Waals surface area contributed by atoms with Gasteiger partial charge in [-0.05, 0) is 26.9 Å². The highest BCUT2D eigenvalue weighted by atomic mass is 16.1. The van der Waals surface area contributed by atoms with E-state index in [4.69, 9.17) is 0 Å². The molecule has 1 N–H and O–H groups in total. The minimum absolute atomic E-state index is 0.0257. The van der Waals surface area contributed by atoms with Gasteiger partial charge in [0.1, 0.15) is 5.82 Å². The third-order valence-electron chi connectivity index (χ3n) is 2.79. The summed E-state index contributed by atoms with van der Waals surface area (Å²) in [5, 5.41) is 0. The van der Waals surface area contributed by atoms with E-state index in [9.17, 15) is 4.79 Å². The molecule has 4 heteroatoms. The summed E-state index contributed by atoms with van der Waals surface area (Å²) in [4.78, 5) is 20.7. The predicted octanol–water partition coefficient (Wildman–Crippen LogP) is 0.497. The van der Waals surface area contributed by atoms with Crippen LogP contribution in [0.5, 0.6) is 0 Å². The van der Waals surface area contributed by atoms with Crippen LogP contribution in [0.1, 0.15) is 23.7 Å². The van der Waals surface area contributed by atoms with Crippen LogP contribution in [0.4, 0.5) is 0 Å². The topological polar surface area (TPSA) is 49.0 Å². The van der Waals surface area contributed by atoms with Crippen molar-refractivity contribution in [2.75, 3.05) is 20.1 Å². The molecule has 1 saturated heterocycles. The van der Waals surface area contributed by atoms with E-state index in [1.165, 1.54) is 0 Å². The molecule has 1 fully saturated rings. The van der Waals surface area contributed by atoms with Gasteiger partial charge < -0.3 is 9.88 Å². The van der Waals surface area contributed by atoms with E-state index in [2.05, 4.69) is 21.9 Å². The molecule has 1 aromatic heterocycles. The number of hydrogen-bond donors (Lipinski definition) is 1. The average molecular weight is 193 g/mol. The van der Waals surface area contributed by atoms with Crippen molar-refractivity contribution in [1.82, 2.24) is 14.9 Å². The van der Waals surface area contributed by atoms with Gasteiger partial charge in [-0.1, -0.05) is 0 Å². The Morgan fingerprint density at radius 2 is 2.43 bits per heavy atom. The van der Waals surface area contributed by atoms with Crippen LogP contribution >= 0.6 is 0 Å². The zero-order valence-electron chi connectivity index (χ0n) is 8.58. The van der Waals surface area contributed by atoms with Crippen molar-refractivity contribution in [3.05, 3.63) is 27.9 Å². The minimum Gasteiger partial charge on any atom is -0.311 e. The zero-order chi connectivity index (χ0) is 10.1. The maximum Gasteiger partial charge on any atom is 0.254 e. The van der Waals surface area contributed by atoms with Gasteiger partial charge in [-0.25, -0.2) is 4.98 Å². The molecule has 2 rings (SSSR count). The first kappa shape index (κ1) is 9.40. The van der Waals surface area contributed by atoms with Gasteiger partial charge in [0.25, 0.3) is 5.56 Å². The Balaban J connectivity index is 2.29. The van der Waals surface area contributed by atoms with Crippen LogP contribution in [-0.4, -0.2) is 35.0 Å². The molecule has 1 aliphatic heterocycles. The molecule has 1 atom stereocenters. The van der Waals surface area contributed by atoms with E-state index in [-0.39, 0.29) is 5.56 Å². The maximum absolute atomic E-state index is 11.6. The SMILES string of the molecule is Cc1ncc(C2CCN(C)C2)c(=O)[nH]1. The number of nitrogens with one attached hydrogen (secondary N) is 1. The van der Waals surface area contributed by atoms with Crippen LogP contribution in [0.3, 0.4) is 0 Å². The fourth-order valence-corrected chi connectivity index (χ4v) is 1.97. The Bertz CT molecular complexity index is 385. The second-order valence-electron chi connectivity index (χ2n) is 4.00. The van der Waals surface area contributed by atoms with Gasteiger partial charge in [-0.15, -0.1) is 0 Å². The normalized spacial score (nSPS) is 22.9. The largest absolute Gasteiger partial charge is 0.311 e. The lowest BCUT2D eigenvalue weighted by atomic mass is 10.0. The highest BCUT2D eigenvalue weighted by molar-refractivity contribution is 5.14. The number of likely N-dealkylation sites (tertiary alicyclic amines) is 1. The Hall–Kier alpha value is -1.16. The first-order valence-electron chi connectivity index (χ1n) is 4.91. The number of likely N-dealkylation sites (N-methyl/N-ethyl adjacent to an activating group) is 1. The molecule has 0 spiro atoms. The quantitative estimate of drug-likeness (QED) is 0.706. The molecule has 1 unspecified atom stereocenters. The first-order chi connectivity index (χ1) is 6.66. The van der Waals surface area contributed by atoms with Crippen molar-refractivity contribution in [3.63, 3.8) is 0 Å². The molecule has 0 amide bonds. The van der Waals surface area contributed by atoms with E-state index >= 15 is 0 Å². The lowest BCUT2D eigenvalue weighted by Gasteiger charge is -2.09. The number of aryl methyl sites for hydroxylation is 1. The fraction of sp³-hybridized carbons (Fsp3) is 0.600. The zero-order valence-corrected chi connectivity index (χ0v) is 8.58. The lowest BCUT2D eigenvalue weighted by molar-refractivity contribution is 0.411. The van der Waals surface area contributed by atoms with Gasteiger partial charge >= 0.3 is 0 Å². The van der Waals surface area contributed by atoms with Crippen LogP contribution in [0.25, 0.3) is 0 Å². The van der Waals surface area contributed by atoms with Crippen molar-refractivity contribution < 1.29 is 0 Å². The fourth-order valence-electron chi connectivity index (χ4n) is 1.97. The van der Waals surface area contributed by atoms with Crippen molar-refractivity contribution >= 4 is 0 Å². The van der Waals surface area contributed by atoms with Gasteiger partial charge in [-0.3, -0.25) is 4.79 Å². The Kier molecular flexibility index (Phi) is 2.37. The molecule has 1 aliphatic rings. The van der Waals surface area contributed by atoms with Gasteiger partial charge in [-0.2, -0.15) is 0 Å².